The van der Waals surface area contributed by atoms with Gasteiger partial charge in [-0.3, -0.25) is 9.89 Å². The maximum Gasteiger partial charge on any atom is 0.274 e. The van der Waals surface area contributed by atoms with Crippen LogP contribution in [0.4, 0.5) is 0 Å². The van der Waals surface area contributed by atoms with Gasteiger partial charge >= 0.3 is 0 Å². The van der Waals surface area contributed by atoms with E-state index in [0.717, 1.165) is 16.8 Å². The number of amides is 1. The van der Waals surface area contributed by atoms with Crippen LogP contribution in [0.5, 0.6) is 0 Å². The van der Waals surface area contributed by atoms with Crippen molar-refractivity contribution in [1.82, 2.24) is 15.1 Å². The van der Waals surface area contributed by atoms with Crippen molar-refractivity contribution in [2.75, 3.05) is 7.05 Å². The highest BCUT2D eigenvalue weighted by atomic mass is 16.2. The molecule has 1 aromatic carbocycles. The fourth-order valence-corrected chi connectivity index (χ4v) is 1.80. The summed E-state index contributed by atoms with van der Waals surface area (Å²) in [7, 11) is 1.79. The number of aromatic amines is 1. The maximum absolute atomic E-state index is 12.2. The highest BCUT2D eigenvalue weighted by molar-refractivity contribution is 5.93. The largest absolute Gasteiger partial charge is 0.336 e. The zero-order chi connectivity index (χ0) is 13.1. The fourth-order valence-electron chi connectivity index (χ4n) is 1.80. The van der Waals surface area contributed by atoms with Crippen LogP contribution < -0.4 is 0 Å². The van der Waals surface area contributed by atoms with Gasteiger partial charge in [-0.1, -0.05) is 30.3 Å². The number of hydrogen-bond donors (Lipinski definition) is 1. The smallest absolute Gasteiger partial charge is 0.274 e. The van der Waals surface area contributed by atoms with Gasteiger partial charge in [0, 0.05) is 24.8 Å². The predicted molar refractivity (Wildman–Crippen MR) is 70.3 cm³/mol. The Labute approximate surface area is 107 Å². The average molecular weight is 243 g/mol. The van der Waals surface area contributed by atoms with Crippen LogP contribution >= 0.6 is 0 Å². The summed E-state index contributed by atoms with van der Waals surface area (Å²) in [5, 5.41) is 6.90. The zero-order valence-electron chi connectivity index (χ0n) is 10.9. The number of carbonyl (C=O) groups is 1. The van der Waals surface area contributed by atoms with Crippen molar-refractivity contribution in [3.63, 3.8) is 0 Å². The highest BCUT2D eigenvalue weighted by Crippen LogP contribution is 2.12. The van der Waals surface area contributed by atoms with Crippen LogP contribution in [0.1, 0.15) is 27.3 Å². The van der Waals surface area contributed by atoms with Crippen LogP contribution in [0.3, 0.4) is 0 Å². The summed E-state index contributed by atoms with van der Waals surface area (Å²) in [6.07, 6.45) is 0. The first-order valence-electron chi connectivity index (χ1n) is 5.90. The third-order valence-electron chi connectivity index (χ3n) is 3.06. The summed E-state index contributed by atoms with van der Waals surface area (Å²) < 4.78 is 0. The van der Waals surface area contributed by atoms with E-state index in [2.05, 4.69) is 10.2 Å². The topological polar surface area (TPSA) is 49.0 Å². The number of benzene rings is 1. The van der Waals surface area contributed by atoms with Crippen LogP contribution in [0, 0.1) is 13.8 Å². The lowest BCUT2D eigenvalue weighted by atomic mass is 10.2. The van der Waals surface area contributed by atoms with E-state index in [1.54, 1.807) is 11.9 Å². The normalized spacial score (nSPS) is 10.4. The van der Waals surface area contributed by atoms with Crippen molar-refractivity contribution in [2.24, 2.45) is 0 Å². The van der Waals surface area contributed by atoms with Crippen LogP contribution in [0.15, 0.2) is 30.3 Å². The number of H-pyrrole nitrogens is 1. The summed E-state index contributed by atoms with van der Waals surface area (Å²) in [5.74, 6) is -0.0549. The maximum atomic E-state index is 12.2. The minimum absolute atomic E-state index is 0.0549. The average Bonchev–Trinajstić information content (AvgIpc) is 2.70. The Morgan fingerprint density at radius 1 is 1.28 bits per heavy atom. The van der Waals surface area contributed by atoms with Crippen LogP contribution in [0.25, 0.3) is 0 Å². The molecule has 2 rings (SSSR count). The lowest BCUT2D eigenvalue weighted by molar-refractivity contribution is 0.0778. The van der Waals surface area contributed by atoms with E-state index in [-0.39, 0.29) is 5.91 Å². The molecule has 1 N–H and O–H groups in total. The summed E-state index contributed by atoms with van der Waals surface area (Å²) in [4.78, 5) is 13.9. The summed E-state index contributed by atoms with van der Waals surface area (Å²) in [5.41, 5.74) is 3.47. The number of hydrogen-bond acceptors (Lipinski definition) is 2. The lowest BCUT2D eigenvalue weighted by Gasteiger charge is -2.16. The van der Waals surface area contributed by atoms with Crippen LogP contribution in [-0.4, -0.2) is 28.1 Å². The molecule has 0 aliphatic heterocycles. The molecule has 4 heteroatoms. The fraction of sp³-hybridized carbons (Fsp3) is 0.286. The van der Waals surface area contributed by atoms with Gasteiger partial charge in [0.25, 0.3) is 5.91 Å². The molecule has 1 amide bonds. The van der Waals surface area contributed by atoms with Crippen molar-refractivity contribution >= 4 is 5.91 Å². The second kappa shape index (κ2) is 5.04. The molecule has 0 spiro atoms. The number of rotatable bonds is 3. The van der Waals surface area contributed by atoms with Gasteiger partial charge < -0.3 is 4.90 Å². The zero-order valence-corrected chi connectivity index (χ0v) is 10.9. The Kier molecular flexibility index (Phi) is 3.46. The summed E-state index contributed by atoms with van der Waals surface area (Å²) in [6, 6.07) is 9.92. The van der Waals surface area contributed by atoms with E-state index < -0.39 is 0 Å². The number of carbonyl (C=O) groups excluding carboxylic acids is 1. The first-order valence-corrected chi connectivity index (χ1v) is 5.90. The molecule has 0 saturated heterocycles. The van der Waals surface area contributed by atoms with E-state index in [0.29, 0.717) is 12.2 Å². The minimum Gasteiger partial charge on any atom is -0.336 e. The standard InChI is InChI=1S/C14H17N3O/c1-10-11(2)15-16-13(10)14(18)17(3)9-12-7-5-4-6-8-12/h4-8H,9H2,1-3H3,(H,15,16). The molecule has 0 radical (unpaired) electrons. The number of nitrogens with zero attached hydrogens (tertiary/aromatic N) is 2. The molecular weight excluding hydrogens is 226 g/mol. The van der Waals surface area contributed by atoms with Crippen LogP contribution in [-0.2, 0) is 6.54 Å². The Bertz CT molecular complexity index is 545. The number of aryl methyl sites for hydroxylation is 1. The molecule has 0 aliphatic rings. The van der Waals surface area contributed by atoms with Crippen molar-refractivity contribution in [1.29, 1.82) is 0 Å². The number of aromatic nitrogens is 2. The van der Waals surface area contributed by atoms with E-state index in [1.807, 2.05) is 44.2 Å². The van der Waals surface area contributed by atoms with Gasteiger partial charge in [0.15, 0.2) is 5.69 Å². The van der Waals surface area contributed by atoms with Gasteiger partial charge in [0.05, 0.1) is 0 Å². The molecule has 18 heavy (non-hydrogen) atoms. The minimum atomic E-state index is -0.0549. The lowest BCUT2D eigenvalue weighted by Crippen LogP contribution is -2.27. The van der Waals surface area contributed by atoms with E-state index in [1.165, 1.54) is 0 Å². The Hall–Kier alpha value is -2.10. The Morgan fingerprint density at radius 2 is 1.94 bits per heavy atom. The predicted octanol–water partition coefficient (Wildman–Crippen LogP) is 2.30. The molecule has 0 aliphatic carbocycles. The SMILES string of the molecule is Cc1[nH]nc(C(=O)N(C)Cc2ccccc2)c1C. The third kappa shape index (κ3) is 2.42. The Morgan fingerprint density at radius 3 is 2.50 bits per heavy atom. The van der Waals surface area contributed by atoms with Crippen molar-refractivity contribution in [2.45, 2.75) is 20.4 Å². The molecule has 0 atom stereocenters. The molecule has 94 valence electrons. The molecule has 1 heterocycles. The molecule has 1 aromatic heterocycles. The highest BCUT2D eigenvalue weighted by Gasteiger charge is 2.18. The molecule has 0 unspecified atom stereocenters. The van der Waals surface area contributed by atoms with Gasteiger partial charge in [0.2, 0.25) is 0 Å². The molecule has 2 aromatic rings. The van der Waals surface area contributed by atoms with Crippen molar-refractivity contribution in [3.05, 3.63) is 52.8 Å². The summed E-state index contributed by atoms with van der Waals surface area (Å²) in [6.45, 7) is 4.41. The van der Waals surface area contributed by atoms with Crippen LogP contribution in [0.2, 0.25) is 0 Å². The quantitative estimate of drug-likeness (QED) is 0.899. The monoisotopic (exact) mass is 243 g/mol. The molecular formula is C14H17N3O. The van der Waals surface area contributed by atoms with Gasteiger partial charge in [0.1, 0.15) is 0 Å². The molecule has 4 nitrogen and oxygen atoms in total. The Balaban J connectivity index is 2.12. The number of nitrogens with one attached hydrogen (secondary N) is 1. The van der Waals surface area contributed by atoms with Gasteiger partial charge in [-0.15, -0.1) is 0 Å². The first-order chi connectivity index (χ1) is 8.59. The third-order valence-corrected chi connectivity index (χ3v) is 3.06. The van der Waals surface area contributed by atoms with E-state index >= 15 is 0 Å². The van der Waals surface area contributed by atoms with E-state index in [9.17, 15) is 4.79 Å². The van der Waals surface area contributed by atoms with Gasteiger partial charge in [-0.2, -0.15) is 5.10 Å². The molecule has 0 bridgehead atoms. The summed E-state index contributed by atoms with van der Waals surface area (Å²) >= 11 is 0. The van der Waals surface area contributed by atoms with Crippen molar-refractivity contribution in [3.8, 4) is 0 Å². The van der Waals surface area contributed by atoms with Gasteiger partial charge in [-0.05, 0) is 19.4 Å². The second-order valence-corrected chi connectivity index (χ2v) is 4.47. The van der Waals surface area contributed by atoms with Gasteiger partial charge in [-0.25, -0.2) is 0 Å². The molecule has 0 saturated carbocycles. The second-order valence-electron chi connectivity index (χ2n) is 4.47. The first kappa shape index (κ1) is 12.4. The molecule has 0 fully saturated rings. The van der Waals surface area contributed by atoms with Crippen molar-refractivity contribution < 1.29 is 4.79 Å². The van der Waals surface area contributed by atoms with E-state index in [4.69, 9.17) is 0 Å².